The first kappa shape index (κ1) is 10.3. The van der Waals surface area contributed by atoms with Gasteiger partial charge >= 0.3 is 0 Å². The van der Waals surface area contributed by atoms with E-state index in [1.165, 1.54) is 12.4 Å². The van der Waals surface area contributed by atoms with Gasteiger partial charge in [-0.15, -0.1) is 0 Å². The van der Waals surface area contributed by atoms with Gasteiger partial charge in [-0.3, -0.25) is 5.21 Å². The van der Waals surface area contributed by atoms with Gasteiger partial charge in [-0.2, -0.15) is 10.2 Å². The molecule has 1 aromatic rings. The van der Waals surface area contributed by atoms with Gasteiger partial charge in [0.05, 0.1) is 11.9 Å². The molecule has 0 bridgehead atoms. The van der Waals surface area contributed by atoms with E-state index in [1.807, 2.05) is 30.3 Å². The second kappa shape index (κ2) is 5.04. The van der Waals surface area contributed by atoms with Gasteiger partial charge in [0.1, 0.15) is 0 Å². The van der Waals surface area contributed by atoms with Crippen molar-refractivity contribution >= 4 is 5.69 Å². The Bertz CT molecular complexity index is 444. The molecule has 1 aliphatic rings. The lowest BCUT2D eigenvalue weighted by Gasteiger charge is -2.08. The van der Waals surface area contributed by atoms with E-state index in [4.69, 9.17) is 5.21 Å². The topological polar surface area (TPSA) is 48.2 Å². The van der Waals surface area contributed by atoms with Gasteiger partial charge in [0.25, 0.3) is 0 Å². The highest BCUT2D eigenvalue weighted by molar-refractivity contribution is 5.36. The summed E-state index contributed by atoms with van der Waals surface area (Å²) in [5.41, 5.74) is 1.69. The lowest BCUT2D eigenvalue weighted by molar-refractivity contribution is 0.0105. The van der Waals surface area contributed by atoms with Gasteiger partial charge in [-0.05, 0) is 29.9 Å². The van der Waals surface area contributed by atoms with Crippen molar-refractivity contribution in [2.24, 2.45) is 10.2 Å². The zero-order valence-corrected chi connectivity index (χ0v) is 8.56. The summed E-state index contributed by atoms with van der Waals surface area (Å²) in [6.07, 6.45) is 8.18. The Kier molecular flexibility index (Phi) is 3.25. The van der Waals surface area contributed by atoms with Crippen LogP contribution in [-0.4, -0.2) is 10.3 Å². The predicted octanol–water partition coefficient (Wildman–Crippen LogP) is 3.39. The number of allylic oxidation sites excluding steroid dienone is 3. The minimum atomic E-state index is 0.812. The van der Waals surface area contributed by atoms with Crippen molar-refractivity contribution in [1.29, 1.82) is 0 Å². The first-order valence-corrected chi connectivity index (χ1v) is 4.84. The molecule has 0 spiro atoms. The van der Waals surface area contributed by atoms with Crippen LogP contribution in [0.5, 0.6) is 0 Å². The molecule has 0 unspecified atom stereocenters. The molecule has 16 heavy (non-hydrogen) atoms. The second-order valence-electron chi connectivity index (χ2n) is 3.19. The maximum Gasteiger partial charge on any atom is 0.0856 e. The van der Waals surface area contributed by atoms with E-state index in [2.05, 4.69) is 10.2 Å². The number of nitrogens with zero attached hydrogens (tertiary/aromatic N) is 3. The van der Waals surface area contributed by atoms with Gasteiger partial charge in [-0.1, -0.05) is 18.2 Å². The van der Waals surface area contributed by atoms with E-state index in [0.717, 1.165) is 16.3 Å². The fourth-order valence-corrected chi connectivity index (χ4v) is 1.17. The van der Waals surface area contributed by atoms with Gasteiger partial charge in [-0.25, -0.2) is 5.06 Å². The summed E-state index contributed by atoms with van der Waals surface area (Å²) in [5.74, 6) is 0. The Balaban J connectivity index is 2.02. The highest BCUT2D eigenvalue weighted by atomic mass is 16.5. The average molecular weight is 213 g/mol. The first-order chi connectivity index (χ1) is 7.84. The third-order valence-electron chi connectivity index (χ3n) is 1.98. The summed E-state index contributed by atoms with van der Waals surface area (Å²) < 4.78 is 0. The van der Waals surface area contributed by atoms with Gasteiger partial charge in [0, 0.05) is 12.4 Å². The molecule has 1 aliphatic heterocycles. The Morgan fingerprint density at radius 2 is 1.75 bits per heavy atom. The molecule has 1 aromatic carbocycles. The van der Waals surface area contributed by atoms with Crippen LogP contribution in [0.2, 0.25) is 0 Å². The van der Waals surface area contributed by atoms with E-state index in [-0.39, 0.29) is 0 Å². The van der Waals surface area contributed by atoms with Crippen molar-refractivity contribution < 1.29 is 5.21 Å². The molecule has 4 heteroatoms. The molecule has 0 aliphatic carbocycles. The summed E-state index contributed by atoms with van der Waals surface area (Å²) in [6.45, 7) is 0. The lowest BCUT2D eigenvalue weighted by atomic mass is 10.2. The number of hydroxylamine groups is 2. The average Bonchev–Trinajstić information content (AvgIpc) is 2.33. The number of hydrogen-bond acceptors (Lipinski definition) is 4. The molecular weight excluding hydrogens is 202 g/mol. The Hall–Kier alpha value is -2.20. The van der Waals surface area contributed by atoms with E-state index in [0.29, 0.717) is 0 Å². The van der Waals surface area contributed by atoms with Crippen LogP contribution < -0.4 is 0 Å². The minimum absolute atomic E-state index is 0.812. The number of benzene rings is 1. The Morgan fingerprint density at radius 1 is 1.06 bits per heavy atom. The van der Waals surface area contributed by atoms with Gasteiger partial charge in [0.15, 0.2) is 0 Å². The smallest absolute Gasteiger partial charge is 0.0856 e. The zero-order chi connectivity index (χ0) is 11.2. The zero-order valence-electron chi connectivity index (χ0n) is 8.56. The van der Waals surface area contributed by atoms with E-state index < -0.39 is 0 Å². The lowest BCUT2D eigenvalue weighted by Crippen LogP contribution is -2.03. The number of azo groups is 1. The number of hydrogen-bond donors (Lipinski definition) is 1. The molecule has 0 aromatic heterocycles. The Morgan fingerprint density at radius 3 is 2.44 bits per heavy atom. The molecule has 4 nitrogen and oxygen atoms in total. The largest absolute Gasteiger partial charge is 0.285 e. The first-order valence-electron chi connectivity index (χ1n) is 4.84. The fraction of sp³-hybridized carbons (Fsp3) is 0. The molecule has 0 saturated heterocycles. The molecule has 0 amide bonds. The summed E-state index contributed by atoms with van der Waals surface area (Å²) in [4.78, 5) is 0. The predicted molar refractivity (Wildman–Crippen MR) is 60.9 cm³/mol. The highest BCUT2D eigenvalue weighted by Gasteiger charge is 1.94. The van der Waals surface area contributed by atoms with E-state index in [1.54, 1.807) is 18.4 Å². The minimum Gasteiger partial charge on any atom is -0.285 e. The van der Waals surface area contributed by atoms with Crippen LogP contribution in [0.4, 0.5) is 5.69 Å². The molecule has 0 atom stereocenters. The third-order valence-corrected chi connectivity index (χ3v) is 1.98. The molecule has 80 valence electrons. The van der Waals surface area contributed by atoms with E-state index >= 15 is 0 Å². The molecular formula is C12H11N3O. The van der Waals surface area contributed by atoms with Crippen molar-refractivity contribution in [3.63, 3.8) is 0 Å². The highest BCUT2D eigenvalue weighted by Crippen LogP contribution is 2.12. The molecule has 1 heterocycles. The normalized spacial score (nSPS) is 14.8. The second-order valence-corrected chi connectivity index (χ2v) is 3.19. The maximum atomic E-state index is 9.01. The van der Waals surface area contributed by atoms with Crippen LogP contribution in [0.25, 0.3) is 0 Å². The summed E-state index contributed by atoms with van der Waals surface area (Å²) in [5, 5.41) is 18.0. The van der Waals surface area contributed by atoms with Crippen LogP contribution in [0.15, 0.2) is 76.9 Å². The molecule has 0 fully saturated rings. The Labute approximate surface area is 93.5 Å². The van der Waals surface area contributed by atoms with Crippen molar-refractivity contribution in [1.82, 2.24) is 5.06 Å². The summed E-state index contributed by atoms with van der Waals surface area (Å²) in [7, 11) is 0. The molecule has 0 radical (unpaired) electrons. The molecule has 2 rings (SSSR count). The monoisotopic (exact) mass is 213 g/mol. The fourth-order valence-electron chi connectivity index (χ4n) is 1.17. The standard InChI is InChI=1S/C12H11N3O/c16-15-8-6-11(7-9-15)10-13-14-12-4-2-1-3-5-12/h1-10,16H. The van der Waals surface area contributed by atoms with Crippen LogP contribution in [-0.2, 0) is 0 Å². The van der Waals surface area contributed by atoms with Gasteiger partial charge < -0.3 is 0 Å². The van der Waals surface area contributed by atoms with Crippen LogP contribution >= 0.6 is 0 Å². The van der Waals surface area contributed by atoms with Crippen molar-refractivity contribution in [2.75, 3.05) is 0 Å². The van der Waals surface area contributed by atoms with Crippen molar-refractivity contribution in [2.45, 2.75) is 0 Å². The van der Waals surface area contributed by atoms with E-state index in [9.17, 15) is 0 Å². The van der Waals surface area contributed by atoms with Crippen LogP contribution in [0.1, 0.15) is 0 Å². The summed E-state index contributed by atoms with van der Waals surface area (Å²) >= 11 is 0. The van der Waals surface area contributed by atoms with Crippen LogP contribution in [0, 0.1) is 0 Å². The molecule has 0 saturated carbocycles. The van der Waals surface area contributed by atoms with Crippen molar-refractivity contribution in [3.05, 3.63) is 66.7 Å². The quantitative estimate of drug-likeness (QED) is 0.765. The molecule has 1 N–H and O–H groups in total. The number of rotatable bonds is 2. The summed E-state index contributed by atoms with van der Waals surface area (Å²) in [6, 6.07) is 9.51. The van der Waals surface area contributed by atoms with Gasteiger partial charge in [0.2, 0.25) is 0 Å². The maximum absolute atomic E-state index is 9.01. The van der Waals surface area contributed by atoms with Crippen molar-refractivity contribution in [3.8, 4) is 0 Å². The van der Waals surface area contributed by atoms with Crippen LogP contribution in [0.3, 0.4) is 0 Å². The third kappa shape index (κ3) is 2.90. The SMILES string of the molecule is ON1C=CC(=CN=Nc2ccccc2)C=C1.